The van der Waals surface area contributed by atoms with Crippen LogP contribution in [-0.2, 0) is 15.5 Å². The van der Waals surface area contributed by atoms with E-state index in [0.717, 1.165) is 49.0 Å². The Bertz CT molecular complexity index is 741. The molecule has 1 aromatic carbocycles. The van der Waals surface area contributed by atoms with Crippen molar-refractivity contribution in [2.24, 2.45) is 0 Å². The number of hydrogen-bond acceptors (Lipinski definition) is 4. The van der Waals surface area contributed by atoms with E-state index in [1.165, 1.54) is 5.56 Å². The number of ether oxygens (including phenoxy) is 1. The summed E-state index contributed by atoms with van der Waals surface area (Å²) in [6.45, 7) is 1.82. The minimum absolute atomic E-state index is 0.0599. The maximum Gasteiger partial charge on any atom is 0.469 e. The molecule has 2 aromatic rings. The van der Waals surface area contributed by atoms with Gasteiger partial charge in [-0.25, -0.2) is 4.57 Å². The molecule has 1 saturated heterocycles. The molecular weight excluding hydrogens is 331 g/mol. The van der Waals surface area contributed by atoms with Gasteiger partial charge in [-0.15, -0.1) is 0 Å². The largest absolute Gasteiger partial charge is 0.496 e. The smallest absolute Gasteiger partial charge is 0.469 e. The number of fused-ring (bicyclic) bond motifs is 1. The van der Waals surface area contributed by atoms with Gasteiger partial charge in [0, 0.05) is 29.7 Å². The zero-order valence-electron chi connectivity index (χ0n) is 13.6. The highest BCUT2D eigenvalue weighted by Gasteiger charge is 2.27. The average Bonchev–Trinajstić information content (AvgIpc) is 3.16. The van der Waals surface area contributed by atoms with Crippen LogP contribution in [-0.4, -0.2) is 52.5 Å². The second-order valence-electron chi connectivity index (χ2n) is 6.07. The van der Waals surface area contributed by atoms with E-state index in [0.29, 0.717) is 0 Å². The molecule has 8 heteroatoms. The molecule has 3 rings (SSSR count). The highest BCUT2D eigenvalue weighted by Crippen LogP contribution is 2.37. The molecule has 3 N–H and O–H groups in total. The summed E-state index contributed by atoms with van der Waals surface area (Å²) in [5, 5.41) is 1.10. The number of rotatable bonds is 7. The Morgan fingerprint density at radius 1 is 1.42 bits per heavy atom. The predicted molar refractivity (Wildman–Crippen MR) is 91.1 cm³/mol. The normalized spacial score (nSPS) is 19.2. The van der Waals surface area contributed by atoms with Crippen LogP contribution in [0.4, 0.5) is 0 Å². The van der Waals surface area contributed by atoms with Gasteiger partial charge < -0.3 is 19.5 Å². The minimum Gasteiger partial charge on any atom is -0.496 e. The van der Waals surface area contributed by atoms with E-state index in [-0.39, 0.29) is 12.6 Å². The maximum absolute atomic E-state index is 10.9. The molecule has 132 valence electrons. The van der Waals surface area contributed by atoms with Crippen molar-refractivity contribution >= 4 is 18.7 Å². The number of nitrogens with one attached hydrogen (secondary N) is 1. The fourth-order valence-electron chi connectivity index (χ4n) is 3.41. The van der Waals surface area contributed by atoms with E-state index in [9.17, 15) is 4.57 Å². The van der Waals surface area contributed by atoms with Crippen molar-refractivity contribution in [1.82, 2.24) is 9.88 Å². The van der Waals surface area contributed by atoms with Crippen molar-refractivity contribution in [3.05, 3.63) is 30.0 Å². The van der Waals surface area contributed by atoms with Gasteiger partial charge in [0.15, 0.2) is 0 Å². The number of aromatic amines is 1. The summed E-state index contributed by atoms with van der Waals surface area (Å²) in [6, 6.07) is 5.99. The fourth-order valence-corrected chi connectivity index (χ4v) is 3.78. The molecule has 0 unspecified atom stereocenters. The number of benzene rings is 1. The molecule has 1 fully saturated rings. The molecular formula is C16H23N2O5P. The summed E-state index contributed by atoms with van der Waals surface area (Å²) in [6.07, 6.45) is 4.76. The van der Waals surface area contributed by atoms with Gasteiger partial charge in [-0.3, -0.25) is 9.42 Å². The lowest BCUT2D eigenvalue weighted by Crippen LogP contribution is -2.34. The highest BCUT2D eigenvalue weighted by atomic mass is 31.2. The number of phosphoric ester groups is 1. The fraction of sp³-hybridized carbons (Fsp3) is 0.500. The third-order valence-corrected chi connectivity index (χ3v) is 5.06. The van der Waals surface area contributed by atoms with Crippen LogP contribution < -0.4 is 4.74 Å². The molecule has 1 aromatic heterocycles. The summed E-state index contributed by atoms with van der Waals surface area (Å²) < 4.78 is 21.0. The molecule has 0 amide bonds. The third-order valence-electron chi connectivity index (χ3n) is 4.57. The lowest BCUT2D eigenvalue weighted by Gasteiger charge is -2.24. The first kappa shape index (κ1) is 17.5. The number of hydrogen-bond donors (Lipinski definition) is 3. The molecule has 0 aliphatic carbocycles. The van der Waals surface area contributed by atoms with E-state index in [1.54, 1.807) is 7.11 Å². The molecule has 1 aliphatic heterocycles. The van der Waals surface area contributed by atoms with Crippen molar-refractivity contribution in [3.63, 3.8) is 0 Å². The summed E-state index contributed by atoms with van der Waals surface area (Å²) >= 11 is 0. The Morgan fingerprint density at radius 2 is 2.25 bits per heavy atom. The molecule has 7 nitrogen and oxygen atoms in total. The Labute approximate surface area is 140 Å². The van der Waals surface area contributed by atoms with Gasteiger partial charge in [0.25, 0.3) is 0 Å². The number of H-pyrrole nitrogens is 1. The Kier molecular flexibility index (Phi) is 5.27. The zero-order chi connectivity index (χ0) is 17.2. The van der Waals surface area contributed by atoms with E-state index >= 15 is 0 Å². The minimum atomic E-state index is -4.40. The van der Waals surface area contributed by atoms with Gasteiger partial charge in [0.2, 0.25) is 0 Å². The average molecular weight is 354 g/mol. The second-order valence-corrected chi connectivity index (χ2v) is 7.30. The van der Waals surface area contributed by atoms with E-state index in [4.69, 9.17) is 14.5 Å². The monoisotopic (exact) mass is 354 g/mol. The van der Waals surface area contributed by atoms with Gasteiger partial charge in [-0.1, -0.05) is 6.07 Å². The van der Waals surface area contributed by atoms with Crippen molar-refractivity contribution in [1.29, 1.82) is 0 Å². The molecule has 0 saturated carbocycles. The van der Waals surface area contributed by atoms with Crippen LogP contribution in [0.25, 0.3) is 10.9 Å². The standard InChI is InChI=1S/C16H23N2O5P/c1-22-15-6-2-5-14-16(15)12(10-17-14)7-9-18-8-3-4-13(18)11-23-24(19,20)21/h2,5-6,10,13,17H,3-4,7-9,11H2,1H3,(H2,19,20,21)/t13-/m0/s1. The molecule has 1 aliphatic rings. The van der Waals surface area contributed by atoms with E-state index < -0.39 is 7.82 Å². The molecule has 2 heterocycles. The number of nitrogens with zero attached hydrogens (tertiary/aromatic N) is 1. The molecule has 0 spiro atoms. The topological polar surface area (TPSA) is 95.0 Å². The van der Waals surface area contributed by atoms with Crippen LogP contribution in [0.5, 0.6) is 5.75 Å². The number of methoxy groups -OCH3 is 1. The van der Waals surface area contributed by atoms with Gasteiger partial charge in [0.05, 0.1) is 13.7 Å². The summed E-state index contributed by atoms with van der Waals surface area (Å²) in [5.41, 5.74) is 2.23. The van der Waals surface area contributed by atoms with E-state index in [1.807, 2.05) is 24.4 Å². The van der Waals surface area contributed by atoms with Crippen molar-refractivity contribution in [3.8, 4) is 5.75 Å². The van der Waals surface area contributed by atoms with Crippen molar-refractivity contribution < 1.29 is 23.6 Å². The molecule has 24 heavy (non-hydrogen) atoms. The Hall–Kier alpha value is -1.37. The quantitative estimate of drug-likeness (QED) is 0.661. The first-order valence-corrected chi connectivity index (χ1v) is 9.58. The van der Waals surface area contributed by atoms with Crippen LogP contribution >= 0.6 is 7.82 Å². The second kappa shape index (κ2) is 7.25. The molecule has 1 atom stereocenters. The SMILES string of the molecule is COc1cccc2[nH]cc(CCN3CCC[C@H]3COP(=O)(O)O)c12. The van der Waals surface area contributed by atoms with Crippen LogP contribution in [0.2, 0.25) is 0 Å². The number of phosphoric acid groups is 1. The van der Waals surface area contributed by atoms with E-state index in [2.05, 4.69) is 14.4 Å². The summed E-state index contributed by atoms with van der Waals surface area (Å²) in [5.74, 6) is 0.853. The van der Waals surface area contributed by atoms with Gasteiger partial charge >= 0.3 is 7.82 Å². The first-order chi connectivity index (χ1) is 11.5. The number of aromatic nitrogens is 1. The van der Waals surface area contributed by atoms with Crippen LogP contribution in [0.3, 0.4) is 0 Å². The van der Waals surface area contributed by atoms with Gasteiger partial charge in [-0.2, -0.15) is 0 Å². The highest BCUT2D eigenvalue weighted by molar-refractivity contribution is 7.46. The Morgan fingerprint density at radius 3 is 3.00 bits per heavy atom. The third kappa shape index (κ3) is 3.99. The summed E-state index contributed by atoms with van der Waals surface area (Å²) in [4.78, 5) is 23.3. The molecule has 0 radical (unpaired) electrons. The van der Waals surface area contributed by atoms with Crippen molar-refractivity contribution in [2.75, 3.05) is 26.8 Å². The van der Waals surface area contributed by atoms with Crippen LogP contribution in [0, 0.1) is 0 Å². The van der Waals surface area contributed by atoms with Gasteiger partial charge in [-0.05, 0) is 43.5 Å². The lowest BCUT2D eigenvalue weighted by atomic mass is 10.1. The van der Waals surface area contributed by atoms with Gasteiger partial charge in [0.1, 0.15) is 5.75 Å². The zero-order valence-corrected chi connectivity index (χ0v) is 14.5. The summed E-state index contributed by atoms with van der Waals surface area (Å²) in [7, 11) is -2.74. The van der Waals surface area contributed by atoms with Crippen molar-refractivity contribution in [2.45, 2.75) is 25.3 Å². The predicted octanol–water partition coefficient (Wildman–Crippen LogP) is 2.29. The lowest BCUT2D eigenvalue weighted by molar-refractivity contribution is 0.135. The molecule has 0 bridgehead atoms. The number of likely N-dealkylation sites (tertiary alicyclic amines) is 1. The maximum atomic E-state index is 10.9. The Balaban J connectivity index is 1.66. The first-order valence-electron chi connectivity index (χ1n) is 8.05. The van der Waals surface area contributed by atoms with Crippen LogP contribution in [0.1, 0.15) is 18.4 Å². The van der Waals surface area contributed by atoms with Crippen LogP contribution in [0.15, 0.2) is 24.4 Å².